The van der Waals surface area contributed by atoms with Crippen molar-refractivity contribution < 1.29 is 14.6 Å². The summed E-state index contributed by atoms with van der Waals surface area (Å²) in [6.07, 6.45) is 3.49. The predicted molar refractivity (Wildman–Crippen MR) is 133 cm³/mol. The molecule has 6 rings (SSSR count). The molecule has 0 bridgehead atoms. The highest BCUT2D eigenvalue weighted by molar-refractivity contribution is 7.14. The van der Waals surface area contributed by atoms with E-state index in [-0.39, 0.29) is 19.0 Å². The number of nitrogens with one attached hydrogen (secondary N) is 1. The maximum atomic E-state index is 13.6. The van der Waals surface area contributed by atoms with Crippen molar-refractivity contribution in [3.8, 4) is 5.69 Å². The van der Waals surface area contributed by atoms with Gasteiger partial charge in [-0.25, -0.2) is 9.67 Å². The number of aliphatic hydroxyl groups is 1. The van der Waals surface area contributed by atoms with Gasteiger partial charge in [0.2, 0.25) is 0 Å². The number of fused-ring (bicyclic) bond motifs is 3. The summed E-state index contributed by atoms with van der Waals surface area (Å²) in [4.78, 5) is 39.2. The van der Waals surface area contributed by atoms with Crippen LogP contribution in [0, 0.1) is 0 Å². The number of nitrogens with two attached hydrogens (primary N) is 1. The number of nitrogen functional groups attached to an aromatic ring is 1. The molecule has 1 saturated heterocycles. The number of carbonyl (C=O) groups excluding carboxylic acids is 1. The quantitative estimate of drug-likeness (QED) is 0.329. The van der Waals surface area contributed by atoms with E-state index in [4.69, 9.17) is 10.5 Å². The number of benzene rings is 1. The molecule has 2 atom stereocenters. The first-order valence-electron chi connectivity index (χ1n) is 11.0. The zero-order valence-corrected chi connectivity index (χ0v) is 19.8. The van der Waals surface area contributed by atoms with Gasteiger partial charge in [0.05, 0.1) is 40.6 Å². The molecular formula is C23H20N8O4S. The van der Waals surface area contributed by atoms with Gasteiger partial charge in [0.15, 0.2) is 11.4 Å². The van der Waals surface area contributed by atoms with Crippen LogP contribution in [-0.2, 0) is 9.53 Å². The molecular weight excluding hydrogens is 484 g/mol. The molecule has 0 spiro atoms. The molecule has 5 aromatic rings. The van der Waals surface area contributed by atoms with Gasteiger partial charge in [0.1, 0.15) is 17.7 Å². The Labute approximate surface area is 207 Å². The van der Waals surface area contributed by atoms with Crippen LogP contribution in [0.25, 0.3) is 26.7 Å². The average molecular weight is 505 g/mol. The summed E-state index contributed by atoms with van der Waals surface area (Å²) in [6.45, 7) is 1.87. The molecule has 0 saturated carbocycles. The molecule has 1 aliphatic rings. The van der Waals surface area contributed by atoms with Crippen molar-refractivity contribution in [1.82, 2.24) is 29.1 Å². The van der Waals surface area contributed by atoms with E-state index in [0.717, 1.165) is 17.2 Å². The summed E-state index contributed by atoms with van der Waals surface area (Å²) in [5.74, 6) is 0.143. The average Bonchev–Trinajstić information content (AvgIpc) is 3.53. The monoisotopic (exact) mass is 504 g/mol. The minimum atomic E-state index is -1.71. The number of hydrogen-bond donors (Lipinski definition) is 3. The van der Waals surface area contributed by atoms with Gasteiger partial charge in [-0.15, -0.1) is 5.10 Å². The van der Waals surface area contributed by atoms with Crippen LogP contribution in [0.2, 0.25) is 0 Å². The SMILES string of the molecule is C[C@]1([C@@H](O)c2nc3ccc4c(N)nsc4c3c(=O)[nH]2)OCCN(c2ccn(-c3cccnc3)n2)C1=O. The Morgan fingerprint density at radius 2 is 2.14 bits per heavy atom. The Balaban J connectivity index is 1.35. The van der Waals surface area contributed by atoms with E-state index in [1.807, 2.05) is 6.07 Å². The molecule has 1 aliphatic heterocycles. The highest BCUT2D eigenvalue weighted by atomic mass is 32.1. The van der Waals surface area contributed by atoms with Crippen LogP contribution in [0.3, 0.4) is 0 Å². The van der Waals surface area contributed by atoms with E-state index in [0.29, 0.717) is 32.6 Å². The number of rotatable bonds is 4. The molecule has 1 fully saturated rings. The fourth-order valence-corrected chi connectivity index (χ4v) is 5.19. The molecule has 5 heterocycles. The molecule has 4 aromatic heterocycles. The summed E-state index contributed by atoms with van der Waals surface area (Å²) in [7, 11) is 0. The van der Waals surface area contributed by atoms with Crippen LogP contribution >= 0.6 is 11.5 Å². The maximum Gasteiger partial charge on any atom is 0.263 e. The van der Waals surface area contributed by atoms with Crippen LogP contribution in [0.15, 0.2) is 53.7 Å². The topological polar surface area (TPSA) is 165 Å². The number of anilines is 2. The third-order valence-corrected chi connectivity index (χ3v) is 7.18. The Bertz CT molecular complexity index is 1680. The van der Waals surface area contributed by atoms with Gasteiger partial charge < -0.3 is 20.6 Å². The maximum absolute atomic E-state index is 13.6. The van der Waals surface area contributed by atoms with Crippen molar-refractivity contribution in [2.45, 2.75) is 18.6 Å². The lowest BCUT2D eigenvalue weighted by atomic mass is 9.94. The number of hydrogen-bond acceptors (Lipinski definition) is 10. The zero-order chi connectivity index (χ0) is 25.0. The number of amides is 1. The molecule has 1 amide bonds. The Morgan fingerprint density at radius 3 is 2.94 bits per heavy atom. The van der Waals surface area contributed by atoms with Gasteiger partial charge in [-0.3, -0.25) is 19.5 Å². The molecule has 0 unspecified atom stereocenters. The second-order valence-electron chi connectivity index (χ2n) is 8.50. The third-order valence-electron chi connectivity index (χ3n) is 6.29. The highest BCUT2D eigenvalue weighted by Crippen LogP contribution is 2.35. The number of ether oxygens (including phenoxy) is 1. The van der Waals surface area contributed by atoms with Gasteiger partial charge in [-0.1, -0.05) is 0 Å². The first kappa shape index (κ1) is 22.3. The summed E-state index contributed by atoms with van der Waals surface area (Å²) in [5.41, 5.74) is 4.79. The van der Waals surface area contributed by atoms with Crippen LogP contribution in [0.4, 0.5) is 11.6 Å². The van der Waals surface area contributed by atoms with Gasteiger partial charge in [-0.05, 0) is 42.7 Å². The Kier molecular flexibility index (Phi) is 5.07. The number of nitrogens with zero attached hydrogens (tertiary/aromatic N) is 6. The van der Waals surface area contributed by atoms with E-state index in [1.54, 1.807) is 47.5 Å². The van der Waals surface area contributed by atoms with Gasteiger partial charge >= 0.3 is 0 Å². The second kappa shape index (κ2) is 8.19. The van der Waals surface area contributed by atoms with Crippen molar-refractivity contribution in [3.63, 3.8) is 0 Å². The van der Waals surface area contributed by atoms with Crippen molar-refractivity contribution >= 4 is 50.1 Å². The number of aromatic nitrogens is 6. The molecule has 36 heavy (non-hydrogen) atoms. The molecule has 13 heteroatoms. The molecule has 182 valence electrons. The smallest absolute Gasteiger partial charge is 0.263 e. The Morgan fingerprint density at radius 1 is 1.28 bits per heavy atom. The number of carbonyl (C=O) groups is 1. The Hall–Kier alpha value is -4.20. The normalized spacial score (nSPS) is 19.3. The zero-order valence-electron chi connectivity index (χ0n) is 19.0. The molecule has 0 radical (unpaired) electrons. The number of morpholine rings is 1. The molecule has 12 nitrogen and oxygen atoms in total. The van der Waals surface area contributed by atoms with Gasteiger partial charge in [0, 0.05) is 23.8 Å². The number of aromatic amines is 1. The van der Waals surface area contributed by atoms with Gasteiger partial charge in [-0.2, -0.15) is 4.37 Å². The molecule has 4 N–H and O–H groups in total. The standard InChI is InChI=1S/C23H20N8O4S/c1-23(18(32)20-26-14-5-4-13-17(36-29-19(13)24)16(14)21(33)27-20)22(34)30(9-10-35-23)15-6-8-31(28-15)12-3-2-7-25-11-12/h2-8,11,18,32H,9-10H2,1H3,(H2,24,29)(H,26,27,33)/t18-,23+/m0/s1. The first-order chi connectivity index (χ1) is 17.4. The minimum Gasteiger partial charge on any atom is -0.382 e. The highest BCUT2D eigenvalue weighted by Gasteiger charge is 2.49. The number of aliphatic hydroxyl groups excluding tert-OH is 1. The largest absolute Gasteiger partial charge is 0.382 e. The summed E-state index contributed by atoms with van der Waals surface area (Å²) < 4.78 is 12.1. The first-order valence-corrected chi connectivity index (χ1v) is 11.8. The van der Waals surface area contributed by atoms with Crippen LogP contribution < -0.4 is 16.2 Å². The van der Waals surface area contributed by atoms with Crippen LogP contribution in [0.5, 0.6) is 0 Å². The summed E-state index contributed by atoms with van der Waals surface area (Å²) in [6, 6.07) is 8.69. The van der Waals surface area contributed by atoms with Crippen molar-refractivity contribution in [2.75, 3.05) is 23.8 Å². The van der Waals surface area contributed by atoms with E-state index >= 15 is 0 Å². The fraction of sp³-hybridized carbons (Fsp3) is 0.217. The van der Waals surface area contributed by atoms with Crippen molar-refractivity contribution in [1.29, 1.82) is 0 Å². The van der Waals surface area contributed by atoms with Gasteiger partial charge in [0.25, 0.3) is 11.5 Å². The minimum absolute atomic E-state index is 0.0806. The number of H-pyrrole nitrogens is 1. The van der Waals surface area contributed by atoms with Crippen LogP contribution in [0.1, 0.15) is 18.9 Å². The van der Waals surface area contributed by atoms with E-state index < -0.39 is 23.2 Å². The lowest BCUT2D eigenvalue weighted by Gasteiger charge is -2.40. The van der Waals surface area contributed by atoms with Crippen molar-refractivity contribution in [2.24, 2.45) is 0 Å². The third kappa shape index (κ3) is 3.36. The lowest BCUT2D eigenvalue weighted by molar-refractivity contribution is -0.167. The molecule has 0 aliphatic carbocycles. The summed E-state index contributed by atoms with van der Waals surface area (Å²) >= 11 is 1.10. The molecule has 1 aromatic carbocycles. The predicted octanol–water partition coefficient (Wildman–Crippen LogP) is 1.55. The summed E-state index contributed by atoms with van der Waals surface area (Å²) in [5, 5.41) is 16.7. The van der Waals surface area contributed by atoms with E-state index in [1.165, 1.54) is 11.8 Å². The fourth-order valence-electron chi connectivity index (χ4n) is 4.34. The van der Waals surface area contributed by atoms with E-state index in [2.05, 4.69) is 24.4 Å². The lowest BCUT2D eigenvalue weighted by Crippen LogP contribution is -2.58. The second-order valence-corrected chi connectivity index (χ2v) is 9.27. The van der Waals surface area contributed by atoms with Crippen molar-refractivity contribution in [3.05, 3.63) is 65.1 Å². The number of pyridine rings is 1. The van der Waals surface area contributed by atoms with E-state index in [9.17, 15) is 14.7 Å². The van der Waals surface area contributed by atoms with Crippen LogP contribution in [-0.4, -0.2) is 58.9 Å².